The zero-order valence-corrected chi connectivity index (χ0v) is 20.1. The number of likely N-dealkylation sites (tertiary alicyclic amines) is 2. The van der Waals surface area contributed by atoms with Crippen LogP contribution in [0, 0.1) is 5.82 Å². The van der Waals surface area contributed by atoms with Crippen LogP contribution in [0.5, 0.6) is 0 Å². The quantitative estimate of drug-likeness (QED) is 0.559. The number of aliphatic hydroxyl groups excluding tert-OH is 1. The van der Waals surface area contributed by atoms with E-state index in [4.69, 9.17) is 0 Å². The smallest absolute Gasteiger partial charge is 0.251 e. The number of aromatic nitrogens is 2. The summed E-state index contributed by atoms with van der Waals surface area (Å²) in [6.45, 7) is 4.63. The number of hydrogen-bond acceptors (Lipinski definition) is 8. The number of piperidine rings is 1. The van der Waals surface area contributed by atoms with E-state index < -0.39 is 11.9 Å². The van der Waals surface area contributed by atoms with Crippen LogP contribution in [0.1, 0.15) is 32.6 Å². The second-order valence-corrected chi connectivity index (χ2v) is 8.42. The van der Waals surface area contributed by atoms with Crippen molar-refractivity contribution in [2.24, 2.45) is 0 Å². The van der Waals surface area contributed by atoms with Crippen molar-refractivity contribution in [3.8, 4) is 0 Å². The predicted octanol–water partition coefficient (Wildman–Crippen LogP) is 1.31. The number of rotatable bonds is 4. The van der Waals surface area contributed by atoms with Crippen LogP contribution in [0.3, 0.4) is 0 Å². The molecule has 2 amide bonds. The molecule has 0 bridgehead atoms. The SMILES string of the molecule is CC(=O)N1CCC(Nc2ncc(F)c(N3CCC=C(C(=O)N4CCC(O)C4)C3)n2)CC1.CS. The third kappa shape index (κ3) is 6.35. The topological polar surface area (TPSA) is 102 Å². The van der Waals surface area contributed by atoms with Crippen molar-refractivity contribution >= 4 is 36.2 Å². The largest absolute Gasteiger partial charge is 0.391 e. The number of nitrogens with zero attached hydrogens (tertiary/aromatic N) is 5. The molecule has 11 heteroatoms. The summed E-state index contributed by atoms with van der Waals surface area (Å²) in [5, 5.41) is 13.0. The summed E-state index contributed by atoms with van der Waals surface area (Å²) in [4.78, 5) is 38.0. The molecule has 3 aliphatic rings. The maximum absolute atomic E-state index is 14.6. The highest BCUT2D eigenvalue weighted by Gasteiger charge is 2.30. The van der Waals surface area contributed by atoms with E-state index in [-0.39, 0.29) is 30.2 Å². The molecule has 0 aromatic carbocycles. The fourth-order valence-corrected chi connectivity index (χ4v) is 4.38. The number of thiol groups is 1. The number of β-amino-alcohol motifs (C(OH)–C–C–N with tert-alkyl or cyclic N) is 1. The Labute approximate surface area is 199 Å². The van der Waals surface area contributed by atoms with E-state index in [1.807, 2.05) is 11.0 Å². The molecule has 182 valence electrons. The van der Waals surface area contributed by atoms with Gasteiger partial charge in [-0.1, -0.05) is 6.08 Å². The molecule has 1 unspecified atom stereocenters. The van der Waals surface area contributed by atoms with Gasteiger partial charge < -0.3 is 25.1 Å². The minimum Gasteiger partial charge on any atom is -0.391 e. The third-order valence-electron chi connectivity index (χ3n) is 6.17. The molecule has 2 N–H and O–H groups in total. The molecule has 3 aliphatic heterocycles. The van der Waals surface area contributed by atoms with Crippen molar-refractivity contribution in [3.05, 3.63) is 23.7 Å². The van der Waals surface area contributed by atoms with Crippen LogP contribution < -0.4 is 10.2 Å². The van der Waals surface area contributed by atoms with Gasteiger partial charge in [-0.15, -0.1) is 0 Å². The number of anilines is 2. The van der Waals surface area contributed by atoms with E-state index in [1.54, 1.807) is 23.0 Å². The van der Waals surface area contributed by atoms with Gasteiger partial charge in [0.05, 0.1) is 12.3 Å². The van der Waals surface area contributed by atoms with Crippen LogP contribution >= 0.6 is 12.6 Å². The van der Waals surface area contributed by atoms with E-state index in [0.29, 0.717) is 57.1 Å². The first kappa shape index (κ1) is 25.2. The van der Waals surface area contributed by atoms with Gasteiger partial charge in [0.2, 0.25) is 11.9 Å². The maximum Gasteiger partial charge on any atom is 0.251 e. The summed E-state index contributed by atoms with van der Waals surface area (Å²) in [6.07, 6.45) is 7.04. The van der Waals surface area contributed by atoms with E-state index in [1.165, 1.54) is 0 Å². The van der Waals surface area contributed by atoms with Gasteiger partial charge in [0, 0.05) is 57.8 Å². The Hall–Kier alpha value is -2.40. The maximum atomic E-state index is 14.6. The Morgan fingerprint density at radius 3 is 2.48 bits per heavy atom. The molecular formula is C22H33FN6O3S. The number of nitrogens with one attached hydrogen (secondary N) is 1. The van der Waals surface area contributed by atoms with Crippen molar-refractivity contribution in [2.45, 2.75) is 44.8 Å². The van der Waals surface area contributed by atoms with Gasteiger partial charge in [-0.05, 0) is 31.9 Å². The normalized spacial score (nSPS) is 21.3. The first-order valence-electron chi connectivity index (χ1n) is 11.3. The summed E-state index contributed by atoms with van der Waals surface area (Å²) >= 11 is 3.53. The van der Waals surface area contributed by atoms with Crippen LogP contribution in [0.15, 0.2) is 17.8 Å². The highest BCUT2D eigenvalue weighted by atomic mass is 32.1. The molecule has 9 nitrogen and oxygen atoms in total. The number of aliphatic hydroxyl groups is 1. The van der Waals surface area contributed by atoms with Gasteiger partial charge in [-0.25, -0.2) is 9.37 Å². The summed E-state index contributed by atoms with van der Waals surface area (Å²) in [7, 11) is 0. The van der Waals surface area contributed by atoms with Gasteiger partial charge >= 0.3 is 0 Å². The molecule has 0 aliphatic carbocycles. The Morgan fingerprint density at radius 2 is 1.85 bits per heavy atom. The van der Waals surface area contributed by atoms with E-state index in [0.717, 1.165) is 19.0 Å². The first-order chi connectivity index (χ1) is 15.9. The second kappa shape index (κ2) is 11.6. The van der Waals surface area contributed by atoms with Gasteiger partial charge in [-0.3, -0.25) is 9.59 Å². The molecule has 2 fully saturated rings. The van der Waals surface area contributed by atoms with Crippen LogP contribution in [0.2, 0.25) is 0 Å². The van der Waals surface area contributed by atoms with Crippen LogP contribution in [0.4, 0.5) is 16.2 Å². The zero-order chi connectivity index (χ0) is 24.0. The lowest BCUT2D eigenvalue weighted by Crippen LogP contribution is -2.41. The standard InChI is InChI=1S/C21H29FN6O3.CH4S/c1-14(29)26-8-4-16(5-9-26)24-21-23-11-18(22)19(25-21)27-7-2-3-15(12-27)20(31)28-10-6-17(30)13-28;1-2/h3,11,16-17,30H,2,4-10,12-13H2,1H3,(H,23,24,25);2H,1H3. The van der Waals surface area contributed by atoms with Gasteiger partial charge in [-0.2, -0.15) is 17.6 Å². The van der Waals surface area contributed by atoms with E-state index in [2.05, 4.69) is 27.9 Å². The number of carbonyl (C=O) groups is 2. The molecule has 1 aromatic heterocycles. The second-order valence-electron chi connectivity index (χ2n) is 8.42. The lowest BCUT2D eigenvalue weighted by molar-refractivity contribution is -0.129. The first-order valence-corrected chi connectivity index (χ1v) is 12.2. The highest BCUT2D eigenvalue weighted by Crippen LogP contribution is 2.24. The molecule has 2 saturated heterocycles. The Morgan fingerprint density at radius 1 is 1.15 bits per heavy atom. The predicted molar refractivity (Wildman–Crippen MR) is 128 cm³/mol. The van der Waals surface area contributed by atoms with Crippen LogP contribution in [-0.2, 0) is 9.59 Å². The third-order valence-corrected chi connectivity index (χ3v) is 6.17. The zero-order valence-electron chi connectivity index (χ0n) is 19.2. The molecule has 0 radical (unpaired) electrons. The van der Waals surface area contributed by atoms with Crippen molar-refractivity contribution in [2.75, 3.05) is 55.7 Å². The fraction of sp³-hybridized carbons (Fsp3) is 0.636. The molecule has 0 spiro atoms. The average molecular weight is 481 g/mol. The van der Waals surface area contributed by atoms with Crippen molar-refractivity contribution < 1.29 is 19.1 Å². The molecule has 1 aromatic rings. The summed E-state index contributed by atoms with van der Waals surface area (Å²) in [6, 6.07) is 0.119. The fourth-order valence-electron chi connectivity index (χ4n) is 4.38. The summed E-state index contributed by atoms with van der Waals surface area (Å²) < 4.78 is 14.6. The van der Waals surface area contributed by atoms with Gasteiger partial charge in [0.25, 0.3) is 5.91 Å². The van der Waals surface area contributed by atoms with Crippen molar-refractivity contribution in [3.63, 3.8) is 0 Å². The summed E-state index contributed by atoms with van der Waals surface area (Å²) in [5.41, 5.74) is 0.601. The van der Waals surface area contributed by atoms with E-state index in [9.17, 15) is 19.1 Å². The molecule has 0 saturated carbocycles. The Kier molecular flexibility index (Phi) is 8.90. The van der Waals surface area contributed by atoms with Gasteiger partial charge in [0.1, 0.15) is 0 Å². The summed E-state index contributed by atoms with van der Waals surface area (Å²) in [5.74, 6) is -0.0273. The number of halogens is 1. The molecule has 4 rings (SSSR count). The van der Waals surface area contributed by atoms with Crippen LogP contribution in [0.25, 0.3) is 0 Å². The lowest BCUT2D eigenvalue weighted by Gasteiger charge is -2.32. The Balaban J connectivity index is 0.00000149. The molecular weight excluding hydrogens is 447 g/mol. The van der Waals surface area contributed by atoms with Crippen molar-refractivity contribution in [1.29, 1.82) is 0 Å². The lowest BCUT2D eigenvalue weighted by atomic mass is 10.1. The molecule has 4 heterocycles. The average Bonchev–Trinajstić information content (AvgIpc) is 3.28. The minimum absolute atomic E-state index is 0.0747. The van der Waals surface area contributed by atoms with E-state index >= 15 is 0 Å². The van der Waals surface area contributed by atoms with Crippen molar-refractivity contribution in [1.82, 2.24) is 19.8 Å². The highest BCUT2D eigenvalue weighted by molar-refractivity contribution is 7.79. The monoisotopic (exact) mass is 480 g/mol. The Bertz CT molecular complexity index is 878. The number of hydrogen-bond donors (Lipinski definition) is 3. The molecule has 1 atom stereocenters. The number of carbonyl (C=O) groups excluding carboxylic acids is 2. The van der Waals surface area contributed by atoms with Gasteiger partial charge in [0.15, 0.2) is 11.6 Å². The van der Waals surface area contributed by atoms with Crippen LogP contribution in [-0.4, -0.2) is 94.4 Å². The molecule has 33 heavy (non-hydrogen) atoms. The number of amides is 2. The minimum atomic E-state index is -0.526.